The number of fused-ring (bicyclic) bond motifs is 1. The molecule has 0 N–H and O–H groups in total. The maximum atomic E-state index is 5.78. The number of hydrogen-bond acceptors (Lipinski definition) is 2. The van der Waals surface area contributed by atoms with Crippen LogP contribution >= 0.6 is 31.9 Å². The van der Waals surface area contributed by atoms with Gasteiger partial charge in [-0.2, -0.15) is 0 Å². The van der Waals surface area contributed by atoms with E-state index in [1.165, 1.54) is 10.8 Å². The van der Waals surface area contributed by atoms with Crippen LogP contribution < -0.4 is 9.47 Å². The predicted octanol–water partition coefficient (Wildman–Crippen LogP) is 5.95. The number of alkyl halides is 2. The second-order valence-corrected chi connectivity index (χ2v) is 6.75. The van der Waals surface area contributed by atoms with Crippen molar-refractivity contribution in [2.24, 2.45) is 0 Å². The van der Waals surface area contributed by atoms with E-state index < -0.39 is 0 Å². The smallest absolute Gasteiger partial charge is 0.119 e. The first-order chi connectivity index (χ1) is 10.8. The molecule has 0 heterocycles. The summed E-state index contributed by atoms with van der Waals surface area (Å²) in [6.07, 6.45) is 4.43. The van der Waals surface area contributed by atoms with E-state index in [2.05, 4.69) is 56.1 Å². The number of hydrogen-bond donors (Lipinski definition) is 0. The summed E-state index contributed by atoms with van der Waals surface area (Å²) < 4.78 is 11.6. The van der Waals surface area contributed by atoms with E-state index in [-0.39, 0.29) is 0 Å². The first-order valence-electron chi connectivity index (χ1n) is 7.75. The van der Waals surface area contributed by atoms with Gasteiger partial charge in [-0.1, -0.05) is 44.0 Å². The van der Waals surface area contributed by atoms with Gasteiger partial charge in [0.2, 0.25) is 0 Å². The van der Waals surface area contributed by atoms with Crippen LogP contribution in [0.1, 0.15) is 25.7 Å². The highest BCUT2D eigenvalue weighted by Crippen LogP contribution is 2.25. The summed E-state index contributed by atoms with van der Waals surface area (Å²) in [7, 11) is 0. The number of unbranched alkanes of at least 4 members (excludes halogenated alkanes) is 2. The molecule has 2 aromatic carbocycles. The van der Waals surface area contributed by atoms with Gasteiger partial charge < -0.3 is 9.47 Å². The van der Waals surface area contributed by atoms with Gasteiger partial charge in [0.25, 0.3) is 0 Å². The molecule has 4 heteroatoms. The van der Waals surface area contributed by atoms with Crippen molar-refractivity contribution in [1.82, 2.24) is 0 Å². The monoisotopic (exact) mass is 428 g/mol. The van der Waals surface area contributed by atoms with Crippen molar-refractivity contribution in [2.45, 2.75) is 25.7 Å². The Morgan fingerprint density at radius 1 is 0.636 bits per heavy atom. The summed E-state index contributed by atoms with van der Waals surface area (Å²) in [4.78, 5) is 0. The van der Waals surface area contributed by atoms with E-state index in [1.807, 2.05) is 12.1 Å². The van der Waals surface area contributed by atoms with Crippen LogP contribution in [-0.2, 0) is 0 Å². The summed E-state index contributed by atoms with van der Waals surface area (Å²) in [5.41, 5.74) is 0. The number of benzene rings is 2. The SMILES string of the molecule is BrCCCCOc1ccc2cc(OCCCCBr)ccc2c1. The topological polar surface area (TPSA) is 18.5 Å². The molecule has 0 saturated heterocycles. The largest absolute Gasteiger partial charge is 0.494 e. The molecule has 0 bridgehead atoms. The van der Waals surface area contributed by atoms with E-state index in [0.29, 0.717) is 0 Å². The van der Waals surface area contributed by atoms with E-state index in [4.69, 9.17) is 9.47 Å². The zero-order valence-electron chi connectivity index (χ0n) is 12.7. The average molecular weight is 430 g/mol. The maximum absolute atomic E-state index is 5.78. The van der Waals surface area contributed by atoms with Crippen LogP contribution in [0.25, 0.3) is 10.8 Å². The average Bonchev–Trinajstić information content (AvgIpc) is 2.55. The van der Waals surface area contributed by atoms with Crippen LogP contribution in [0.4, 0.5) is 0 Å². The van der Waals surface area contributed by atoms with E-state index in [9.17, 15) is 0 Å². The lowest BCUT2D eigenvalue weighted by Crippen LogP contribution is -1.98. The van der Waals surface area contributed by atoms with Crippen molar-refractivity contribution >= 4 is 42.6 Å². The minimum absolute atomic E-state index is 0.770. The van der Waals surface area contributed by atoms with Gasteiger partial charge in [0.15, 0.2) is 0 Å². The van der Waals surface area contributed by atoms with Gasteiger partial charge in [-0.15, -0.1) is 0 Å². The molecular formula is C18H22Br2O2. The van der Waals surface area contributed by atoms with Gasteiger partial charge in [0, 0.05) is 10.7 Å². The number of halogens is 2. The Hall–Kier alpha value is -0.740. The Bertz CT molecular complexity index is 521. The van der Waals surface area contributed by atoms with Crippen LogP contribution in [0.2, 0.25) is 0 Å². The van der Waals surface area contributed by atoms with Crippen molar-refractivity contribution in [1.29, 1.82) is 0 Å². The zero-order chi connectivity index (χ0) is 15.6. The van der Waals surface area contributed by atoms with Crippen LogP contribution in [0.3, 0.4) is 0 Å². The molecule has 0 aliphatic heterocycles. The van der Waals surface area contributed by atoms with Crippen molar-refractivity contribution in [3.8, 4) is 11.5 Å². The summed E-state index contributed by atoms with van der Waals surface area (Å²) >= 11 is 6.86. The lowest BCUT2D eigenvalue weighted by molar-refractivity contribution is 0.309. The highest BCUT2D eigenvalue weighted by molar-refractivity contribution is 9.09. The lowest BCUT2D eigenvalue weighted by atomic mass is 10.1. The van der Waals surface area contributed by atoms with E-state index >= 15 is 0 Å². The van der Waals surface area contributed by atoms with Gasteiger partial charge in [-0.25, -0.2) is 0 Å². The van der Waals surface area contributed by atoms with Gasteiger partial charge in [0.1, 0.15) is 11.5 Å². The highest BCUT2D eigenvalue weighted by Gasteiger charge is 2.01. The quantitative estimate of drug-likeness (QED) is 0.343. The molecule has 0 amide bonds. The first kappa shape index (κ1) is 17.6. The molecule has 120 valence electrons. The third-order valence-corrected chi connectivity index (χ3v) is 4.50. The van der Waals surface area contributed by atoms with Crippen LogP contribution in [0.5, 0.6) is 11.5 Å². The molecule has 0 radical (unpaired) electrons. The Kier molecular flexibility index (Phi) is 8.10. The zero-order valence-corrected chi connectivity index (χ0v) is 15.9. The minimum atomic E-state index is 0.770. The lowest BCUT2D eigenvalue weighted by Gasteiger charge is -2.09. The molecule has 22 heavy (non-hydrogen) atoms. The maximum Gasteiger partial charge on any atom is 0.119 e. The molecule has 0 aliphatic carbocycles. The van der Waals surface area contributed by atoms with Crippen molar-refractivity contribution in [3.63, 3.8) is 0 Å². The summed E-state index contributed by atoms with van der Waals surface area (Å²) in [5, 5.41) is 4.44. The highest BCUT2D eigenvalue weighted by atomic mass is 79.9. The molecule has 0 aromatic heterocycles. The van der Waals surface area contributed by atoms with Crippen molar-refractivity contribution < 1.29 is 9.47 Å². The number of rotatable bonds is 10. The van der Waals surface area contributed by atoms with Crippen molar-refractivity contribution in [3.05, 3.63) is 36.4 Å². The molecule has 2 rings (SSSR count). The summed E-state index contributed by atoms with van der Waals surface area (Å²) in [6.45, 7) is 1.54. The van der Waals surface area contributed by atoms with Gasteiger partial charge in [0.05, 0.1) is 13.2 Å². The fourth-order valence-electron chi connectivity index (χ4n) is 2.15. The van der Waals surface area contributed by atoms with Crippen LogP contribution in [0.15, 0.2) is 36.4 Å². The molecule has 2 aromatic rings. The fraction of sp³-hybridized carbons (Fsp3) is 0.444. The van der Waals surface area contributed by atoms with E-state index in [0.717, 1.165) is 61.1 Å². The number of ether oxygens (including phenoxy) is 2. The molecule has 0 fully saturated rings. The van der Waals surface area contributed by atoms with Gasteiger partial charge in [-0.05, 0) is 60.7 Å². The predicted molar refractivity (Wildman–Crippen MR) is 101 cm³/mol. The normalized spacial score (nSPS) is 10.8. The fourth-order valence-corrected chi connectivity index (χ4v) is 2.95. The second-order valence-electron chi connectivity index (χ2n) is 5.16. The van der Waals surface area contributed by atoms with Crippen molar-refractivity contribution in [2.75, 3.05) is 23.9 Å². The Morgan fingerprint density at radius 2 is 1.09 bits per heavy atom. The summed E-state index contributed by atoms with van der Waals surface area (Å²) in [6, 6.07) is 12.5. The molecule has 0 atom stereocenters. The Labute approximate surface area is 149 Å². The Morgan fingerprint density at radius 3 is 1.50 bits per heavy atom. The van der Waals surface area contributed by atoms with Crippen LogP contribution in [-0.4, -0.2) is 23.9 Å². The second kappa shape index (κ2) is 10.1. The molecule has 0 saturated carbocycles. The molecule has 0 aliphatic rings. The standard InChI is InChI=1S/C18H22Br2O2/c19-9-1-3-11-21-17-7-5-16-14-18(8-6-15(16)13-17)22-12-4-2-10-20/h5-8,13-14H,1-4,9-12H2. The molecule has 2 nitrogen and oxygen atoms in total. The third kappa shape index (κ3) is 5.81. The molecule has 0 unspecified atom stereocenters. The Balaban J connectivity index is 1.93. The summed E-state index contributed by atoms with van der Waals surface area (Å²) in [5.74, 6) is 1.88. The van der Waals surface area contributed by atoms with Gasteiger partial charge >= 0.3 is 0 Å². The molecular weight excluding hydrogens is 408 g/mol. The molecule has 0 spiro atoms. The van der Waals surface area contributed by atoms with E-state index in [1.54, 1.807) is 0 Å². The third-order valence-electron chi connectivity index (χ3n) is 3.38. The van der Waals surface area contributed by atoms with Crippen LogP contribution in [0, 0.1) is 0 Å². The first-order valence-corrected chi connectivity index (χ1v) is 9.99. The minimum Gasteiger partial charge on any atom is -0.494 e. The van der Waals surface area contributed by atoms with Gasteiger partial charge in [-0.3, -0.25) is 0 Å².